The fourth-order valence-corrected chi connectivity index (χ4v) is 4.22. The second-order valence-corrected chi connectivity index (χ2v) is 7.11. The topological polar surface area (TPSA) is 136 Å². The third-order valence-electron chi connectivity index (χ3n) is 3.60. The predicted octanol–water partition coefficient (Wildman–Crippen LogP) is -0.127. The maximum Gasteiger partial charge on any atom is 0.404 e. The van der Waals surface area contributed by atoms with Gasteiger partial charge in [-0.15, -0.1) is 23.1 Å². The van der Waals surface area contributed by atoms with Crippen molar-refractivity contribution in [1.82, 2.24) is 15.2 Å². The van der Waals surface area contributed by atoms with Crippen LogP contribution in [0.5, 0.6) is 0 Å². The summed E-state index contributed by atoms with van der Waals surface area (Å²) >= 11 is 2.77. The molecule has 0 spiro atoms. The summed E-state index contributed by atoms with van der Waals surface area (Å²) in [6, 6.07) is -0.678. The molecule has 1 fully saturated rings. The van der Waals surface area contributed by atoms with Crippen molar-refractivity contribution in [2.75, 3.05) is 19.5 Å². The Bertz CT molecular complexity index is 779. The molecule has 0 saturated carbocycles. The highest BCUT2D eigenvalue weighted by Gasteiger charge is 2.49. The van der Waals surface area contributed by atoms with Crippen LogP contribution < -0.4 is 11.1 Å². The molecule has 12 heteroatoms. The number of aromatic nitrogens is 1. The highest BCUT2D eigenvalue weighted by molar-refractivity contribution is 8.00. The van der Waals surface area contributed by atoms with Gasteiger partial charge in [0.2, 0.25) is 0 Å². The number of oxime groups is 1. The molecule has 0 radical (unpaired) electrons. The Balaban J connectivity index is 1.64. The maximum atomic E-state index is 12.5. The van der Waals surface area contributed by atoms with Crippen molar-refractivity contribution in [2.24, 2.45) is 10.9 Å². The molecule has 0 aliphatic carbocycles. The molecule has 26 heavy (non-hydrogen) atoms. The lowest BCUT2D eigenvalue weighted by atomic mass is 10.1. The van der Waals surface area contributed by atoms with Gasteiger partial charge in [-0.1, -0.05) is 5.16 Å². The zero-order valence-electron chi connectivity index (χ0n) is 13.6. The Morgan fingerprint density at radius 2 is 2.35 bits per heavy atom. The number of ether oxygens (including phenoxy) is 1. The lowest BCUT2D eigenvalue weighted by molar-refractivity contribution is -0.143. The Morgan fingerprint density at radius 3 is 3.00 bits per heavy atom. The van der Waals surface area contributed by atoms with Gasteiger partial charge in [0.15, 0.2) is 5.71 Å². The highest BCUT2D eigenvalue weighted by Crippen LogP contribution is 2.36. The van der Waals surface area contributed by atoms with Crippen LogP contribution >= 0.6 is 23.1 Å². The summed E-state index contributed by atoms with van der Waals surface area (Å²) in [6.07, 6.45) is 0.754. The number of primary amides is 1. The number of carbonyl (C=O) groups excluding carboxylic acids is 3. The first kappa shape index (κ1) is 18.2. The average molecular weight is 397 g/mol. The van der Waals surface area contributed by atoms with Crippen molar-refractivity contribution in [1.29, 1.82) is 0 Å². The highest BCUT2D eigenvalue weighted by atomic mass is 32.2. The minimum atomic E-state index is -0.870. The van der Waals surface area contributed by atoms with Gasteiger partial charge >= 0.3 is 6.09 Å². The van der Waals surface area contributed by atoms with Crippen LogP contribution in [0, 0.1) is 0 Å². The second kappa shape index (κ2) is 7.74. The van der Waals surface area contributed by atoms with E-state index in [1.807, 2.05) is 0 Å². The van der Waals surface area contributed by atoms with Gasteiger partial charge in [-0.2, -0.15) is 0 Å². The summed E-state index contributed by atoms with van der Waals surface area (Å²) in [6.45, 7) is 0.0321. The number of fused-ring (bicyclic) bond motifs is 1. The number of nitrogens with one attached hydrogen (secondary N) is 1. The first-order valence-electron chi connectivity index (χ1n) is 7.37. The minimum absolute atomic E-state index is 0.00639. The smallest absolute Gasteiger partial charge is 0.404 e. The van der Waals surface area contributed by atoms with Gasteiger partial charge in [-0.3, -0.25) is 9.59 Å². The first-order chi connectivity index (χ1) is 12.5. The standard InChI is InChI=1S/C14H15N5O5S2/c1-23-18-9(8-5-25-6-16-8)11(20)17-10-12(21)19-2-7(3-24-14(15)22)4-26-13(10)19/h2,5-6,10,13H,3-4H2,1H3,(H2,15,22)(H,17,20)/b18-9-/t10?,13-/m0/s1. The third-order valence-corrected chi connectivity index (χ3v) is 5.56. The van der Waals surface area contributed by atoms with Gasteiger partial charge in [-0.25, -0.2) is 9.78 Å². The van der Waals surface area contributed by atoms with Crippen molar-refractivity contribution in [3.63, 3.8) is 0 Å². The van der Waals surface area contributed by atoms with Gasteiger partial charge < -0.3 is 25.5 Å². The molecular weight excluding hydrogens is 382 g/mol. The zero-order chi connectivity index (χ0) is 18.7. The molecule has 0 bridgehead atoms. The lowest BCUT2D eigenvalue weighted by Crippen LogP contribution is -2.69. The molecule has 3 heterocycles. The van der Waals surface area contributed by atoms with E-state index in [9.17, 15) is 14.4 Å². The number of nitrogens with two attached hydrogens (primary N) is 1. The molecule has 3 N–H and O–H groups in total. The van der Waals surface area contributed by atoms with Crippen molar-refractivity contribution < 1.29 is 24.0 Å². The number of hydrogen-bond acceptors (Lipinski definition) is 9. The summed E-state index contributed by atoms with van der Waals surface area (Å²) in [5.74, 6) is -0.246. The largest absolute Gasteiger partial charge is 0.445 e. The van der Waals surface area contributed by atoms with Crippen LogP contribution in [0.1, 0.15) is 5.69 Å². The average Bonchev–Trinajstić information content (AvgIpc) is 3.16. The van der Waals surface area contributed by atoms with Gasteiger partial charge in [-0.05, 0) is 5.57 Å². The van der Waals surface area contributed by atoms with Gasteiger partial charge in [0, 0.05) is 17.3 Å². The Morgan fingerprint density at radius 1 is 1.54 bits per heavy atom. The summed E-state index contributed by atoms with van der Waals surface area (Å²) < 4.78 is 4.73. The SMILES string of the molecule is CO/N=C(\C(=O)NC1C(=O)N2C=C(COC(N)=O)CS[C@@H]12)c1cscn1. The van der Waals surface area contributed by atoms with E-state index in [-0.39, 0.29) is 23.6 Å². The molecule has 1 aromatic rings. The molecule has 138 valence electrons. The molecule has 2 aliphatic rings. The van der Waals surface area contributed by atoms with Gasteiger partial charge in [0.05, 0.1) is 5.51 Å². The van der Waals surface area contributed by atoms with Crippen LogP contribution in [0.25, 0.3) is 0 Å². The van der Waals surface area contributed by atoms with E-state index in [0.717, 1.165) is 5.57 Å². The van der Waals surface area contributed by atoms with E-state index in [2.05, 4.69) is 15.5 Å². The third kappa shape index (κ3) is 3.65. The number of amides is 3. The zero-order valence-corrected chi connectivity index (χ0v) is 15.2. The van der Waals surface area contributed by atoms with Crippen LogP contribution in [0.4, 0.5) is 4.79 Å². The predicted molar refractivity (Wildman–Crippen MR) is 94.3 cm³/mol. The number of nitrogens with zero attached hydrogens (tertiary/aromatic N) is 3. The lowest BCUT2D eigenvalue weighted by Gasteiger charge is -2.47. The van der Waals surface area contributed by atoms with E-state index < -0.39 is 18.0 Å². The van der Waals surface area contributed by atoms with Crippen LogP contribution in [0.2, 0.25) is 0 Å². The quantitative estimate of drug-likeness (QED) is 0.388. The van der Waals surface area contributed by atoms with Crippen molar-refractivity contribution >= 4 is 46.7 Å². The van der Waals surface area contributed by atoms with Crippen LogP contribution in [-0.2, 0) is 19.2 Å². The molecule has 2 atom stereocenters. The van der Waals surface area contributed by atoms with Crippen LogP contribution in [-0.4, -0.2) is 64.4 Å². The number of carbonyl (C=O) groups is 3. The number of rotatable bonds is 6. The summed E-state index contributed by atoms with van der Waals surface area (Å²) in [7, 11) is 1.33. The monoisotopic (exact) mass is 397 g/mol. The van der Waals surface area contributed by atoms with E-state index in [1.54, 1.807) is 17.1 Å². The van der Waals surface area contributed by atoms with E-state index >= 15 is 0 Å². The molecule has 1 unspecified atom stereocenters. The Kier molecular flexibility index (Phi) is 5.42. The van der Waals surface area contributed by atoms with Gasteiger partial charge in [0.1, 0.15) is 30.8 Å². The molecule has 3 rings (SSSR count). The summed E-state index contributed by atoms with van der Waals surface area (Å²) in [5, 5.41) is 7.81. The Hall–Kier alpha value is -2.60. The maximum absolute atomic E-state index is 12.5. The number of thiazole rings is 1. The van der Waals surface area contributed by atoms with Crippen molar-refractivity contribution in [3.05, 3.63) is 28.4 Å². The van der Waals surface area contributed by atoms with E-state index in [4.69, 9.17) is 15.3 Å². The first-order valence-corrected chi connectivity index (χ1v) is 9.36. The van der Waals surface area contributed by atoms with E-state index in [1.165, 1.54) is 35.1 Å². The molecule has 1 aromatic heterocycles. The number of hydrogen-bond donors (Lipinski definition) is 2. The van der Waals surface area contributed by atoms with Gasteiger partial charge in [0.25, 0.3) is 11.8 Å². The van der Waals surface area contributed by atoms with Crippen LogP contribution in [0.15, 0.2) is 27.8 Å². The summed E-state index contributed by atoms with van der Waals surface area (Å²) in [4.78, 5) is 45.7. The molecule has 3 amide bonds. The van der Waals surface area contributed by atoms with Crippen LogP contribution in [0.3, 0.4) is 0 Å². The number of thioether (sulfide) groups is 1. The fourth-order valence-electron chi connectivity index (χ4n) is 2.44. The van der Waals surface area contributed by atoms with Crippen molar-refractivity contribution in [3.8, 4) is 0 Å². The molecule has 0 aromatic carbocycles. The molecule has 1 saturated heterocycles. The Labute approximate surface area is 156 Å². The van der Waals surface area contributed by atoms with Crippen molar-refractivity contribution in [2.45, 2.75) is 11.4 Å². The fraction of sp³-hybridized carbons (Fsp3) is 0.357. The summed E-state index contributed by atoms with van der Waals surface area (Å²) in [5.41, 5.74) is 7.64. The second-order valence-electron chi connectivity index (χ2n) is 5.29. The van der Waals surface area contributed by atoms with E-state index in [0.29, 0.717) is 11.4 Å². The normalized spacial score (nSPS) is 22.0. The molecule has 2 aliphatic heterocycles. The molecule has 10 nitrogen and oxygen atoms in total. The number of β-lactam (4-membered cyclic amide) rings is 1. The molecular formula is C14H15N5O5S2. The minimum Gasteiger partial charge on any atom is -0.445 e.